The number of primary amides is 1. The van der Waals surface area contributed by atoms with Gasteiger partial charge in [0.05, 0.1) is 5.56 Å². The molecule has 0 aromatic carbocycles. The summed E-state index contributed by atoms with van der Waals surface area (Å²) < 4.78 is 0. The van der Waals surface area contributed by atoms with E-state index in [0.29, 0.717) is 0 Å². The third kappa shape index (κ3) is 1.34. The maximum atomic E-state index is 10.6. The average molecular weight is 153 g/mol. The number of nitrogens with two attached hydrogens (primary N) is 3. The molecule has 1 aromatic heterocycles. The van der Waals surface area contributed by atoms with E-state index in [-0.39, 0.29) is 17.3 Å². The van der Waals surface area contributed by atoms with E-state index in [2.05, 4.69) is 9.97 Å². The zero-order chi connectivity index (χ0) is 8.43. The molecule has 0 bridgehead atoms. The molecule has 1 amide bonds. The van der Waals surface area contributed by atoms with E-state index in [1.807, 2.05) is 0 Å². The Morgan fingerprint density at radius 1 is 1.45 bits per heavy atom. The number of aromatic nitrogens is 2. The third-order valence-electron chi connectivity index (χ3n) is 1.10. The Balaban J connectivity index is 3.20. The fraction of sp³-hybridized carbons (Fsp3) is 0. The summed E-state index contributed by atoms with van der Waals surface area (Å²) in [5.74, 6) is -0.639. The van der Waals surface area contributed by atoms with Crippen LogP contribution in [0.25, 0.3) is 0 Å². The number of amides is 1. The summed E-state index contributed by atoms with van der Waals surface area (Å²) in [6.07, 6.45) is 1.19. The van der Waals surface area contributed by atoms with Crippen LogP contribution in [0.1, 0.15) is 10.4 Å². The van der Waals surface area contributed by atoms with Crippen LogP contribution in [-0.4, -0.2) is 15.9 Å². The standard InChI is InChI=1S/C5H7N5O/c6-3-2(4(7)11)1-9-5(8)10-3/h1H,(H2,7,11)(H4,6,8,9,10). The Labute approximate surface area is 62.4 Å². The van der Waals surface area contributed by atoms with Gasteiger partial charge in [0.15, 0.2) is 0 Å². The van der Waals surface area contributed by atoms with Crippen LogP contribution in [0.5, 0.6) is 0 Å². The maximum absolute atomic E-state index is 10.6. The molecule has 0 aliphatic heterocycles. The minimum absolute atomic E-state index is 0.00463. The third-order valence-corrected chi connectivity index (χ3v) is 1.10. The molecule has 0 saturated heterocycles. The smallest absolute Gasteiger partial charge is 0.254 e. The molecule has 0 saturated carbocycles. The summed E-state index contributed by atoms with van der Waals surface area (Å²) in [6, 6.07) is 0. The van der Waals surface area contributed by atoms with E-state index >= 15 is 0 Å². The van der Waals surface area contributed by atoms with Gasteiger partial charge in [-0.15, -0.1) is 0 Å². The molecular weight excluding hydrogens is 146 g/mol. The predicted molar refractivity (Wildman–Crippen MR) is 39.4 cm³/mol. The van der Waals surface area contributed by atoms with Crippen molar-refractivity contribution in [1.82, 2.24) is 9.97 Å². The molecule has 0 aliphatic rings. The number of nitrogen functional groups attached to an aromatic ring is 2. The molecule has 1 aromatic rings. The highest BCUT2D eigenvalue weighted by Gasteiger charge is 2.06. The minimum atomic E-state index is -0.664. The molecule has 0 aliphatic carbocycles. The predicted octanol–water partition coefficient (Wildman–Crippen LogP) is -1.26. The number of hydrogen-bond donors (Lipinski definition) is 3. The molecular formula is C5H7N5O. The first-order valence-corrected chi connectivity index (χ1v) is 2.79. The van der Waals surface area contributed by atoms with Crippen LogP contribution in [0, 0.1) is 0 Å². The Morgan fingerprint density at radius 3 is 2.55 bits per heavy atom. The van der Waals surface area contributed by atoms with Crippen molar-refractivity contribution in [2.45, 2.75) is 0 Å². The number of anilines is 2. The van der Waals surface area contributed by atoms with Crippen LogP contribution in [-0.2, 0) is 0 Å². The highest BCUT2D eigenvalue weighted by molar-refractivity contribution is 5.96. The normalized spacial score (nSPS) is 9.45. The lowest BCUT2D eigenvalue weighted by molar-refractivity contribution is 0.100. The minimum Gasteiger partial charge on any atom is -0.383 e. The molecule has 0 atom stereocenters. The number of carbonyl (C=O) groups is 1. The van der Waals surface area contributed by atoms with Gasteiger partial charge in [-0.3, -0.25) is 4.79 Å². The van der Waals surface area contributed by atoms with Crippen LogP contribution < -0.4 is 17.2 Å². The first-order chi connectivity index (χ1) is 5.11. The summed E-state index contributed by atoms with van der Waals surface area (Å²) in [4.78, 5) is 17.6. The molecule has 1 heterocycles. The number of carbonyl (C=O) groups excluding carboxylic acids is 1. The van der Waals surface area contributed by atoms with Crippen molar-refractivity contribution in [3.63, 3.8) is 0 Å². The first-order valence-electron chi connectivity index (χ1n) is 2.79. The zero-order valence-electron chi connectivity index (χ0n) is 5.61. The van der Waals surface area contributed by atoms with Gasteiger partial charge in [-0.1, -0.05) is 0 Å². The summed E-state index contributed by atoms with van der Waals surface area (Å²) >= 11 is 0. The second kappa shape index (κ2) is 2.41. The molecule has 0 radical (unpaired) electrons. The van der Waals surface area contributed by atoms with Gasteiger partial charge in [-0.05, 0) is 0 Å². The van der Waals surface area contributed by atoms with Crippen molar-refractivity contribution in [3.05, 3.63) is 11.8 Å². The van der Waals surface area contributed by atoms with Crippen molar-refractivity contribution in [2.24, 2.45) is 5.73 Å². The van der Waals surface area contributed by atoms with Gasteiger partial charge in [-0.25, -0.2) is 4.98 Å². The van der Waals surface area contributed by atoms with E-state index in [1.165, 1.54) is 6.20 Å². The Hall–Kier alpha value is -1.85. The molecule has 0 unspecified atom stereocenters. The van der Waals surface area contributed by atoms with Gasteiger partial charge in [0, 0.05) is 6.20 Å². The molecule has 11 heavy (non-hydrogen) atoms. The highest BCUT2D eigenvalue weighted by atomic mass is 16.1. The monoisotopic (exact) mass is 153 g/mol. The van der Waals surface area contributed by atoms with E-state index in [4.69, 9.17) is 17.2 Å². The molecule has 58 valence electrons. The van der Waals surface area contributed by atoms with Gasteiger partial charge < -0.3 is 17.2 Å². The van der Waals surface area contributed by atoms with Crippen molar-refractivity contribution in [3.8, 4) is 0 Å². The van der Waals surface area contributed by atoms with Crippen molar-refractivity contribution in [1.29, 1.82) is 0 Å². The van der Waals surface area contributed by atoms with Crippen molar-refractivity contribution >= 4 is 17.7 Å². The van der Waals surface area contributed by atoms with Crippen LogP contribution in [0.4, 0.5) is 11.8 Å². The topological polar surface area (TPSA) is 121 Å². The van der Waals surface area contributed by atoms with Crippen LogP contribution in [0.15, 0.2) is 6.20 Å². The molecule has 1 rings (SSSR count). The van der Waals surface area contributed by atoms with E-state index in [1.54, 1.807) is 0 Å². The van der Waals surface area contributed by atoms with Gasteiger partial charge in [0.1, 0.15) is 5.82 Å². The summed E-state index contributed by atoms with van der Waals surface area (Å²) in [5.41, 5.74) is 15.5. The van der Waals surface area contributed by atoms with Gasteiger partial charge in [0.25, 0.3) is 5.91 Å². The van der Waals surface area contributed by atoms with Crippen molar-refractivity contribution < 1.29 is 4.79 Å². The van der Waals surface area contributed by atoms with Gasteiger partial charge in [0.2, 0.25) is 5.95 Å². The molecule has 6 heteroatoms. The largest absolute Gasteiger partial charge is 0.383 e. The molecule has 6 N–H and O–H groups in total. The van der Waals surface area contributed by atoms with Crippen LogP contribution in [0.3, 0.4) is 0 Å². The second-order valence-electron chi connectivity index (χ2n) is 1.89. The quantitative estimate of drug-likeness (QED) is 0.465. The lowest BCUT2D eigenvalue weighted by Gasteiger charge is -1.98. The second-order valence-corrected chi connectivity index (χ2v) is 1.89. The lowest BCUT2D eigenvalue weighted by Crippen LogP contribution is -2.15. The average Bonchev–Trinajstić information content (AvgIpc) is 1.85. The van der Waals surface area contributed by atoms with Gasteiger partial charge >= 0.3 is 0 Å². The number of nitrogens with zero attached hydrogens (tertiary/aromatic N) is 2. The summed E-state index contributed by atoms with van der Waals surface area (Å²) in [5, 5.41) is 0. The van der Waals surface area contributed by atoms with E-state index in [9.17, 15) is 4.79 Å². The van der Waals surface area contributed by atoms with Crippen LogP contribution in [0.2, 0.25) is 0 Å². The number of rotatable bonds is 1. The Kier molecular flexibility index (Phi) is 1.59. The van der Waals surface area contributed by atoms with Crippen LogP contribution >= 0.6 is 0 Å². The SMILES string of the molecule is NC(=O)c1cnc(N)nc1N. The Bertz CT molecular complexity index is 297. The van der Waals surface area contributed by atoms with Gasteiger partial charge in [-0.2, -0.15) is 4.98 Å². The summed E-state index contributed by atoms with van der Waals surface area (Å²) in [7, 11) is 0. The fourth-order valence-electron chi connectivity index (χ4n) is 0.599. The molecule has 0 fully saturated rings. The zero-order valence-corrected chi connectivity index (χ0v) is 5.61. The van der Waals surface area contributed by atoms with E-state index < -0.39 is 5.91 Å². The fourth-order valence-corrected chi connectivity index (χ4v) is 0.599. The van der Waals surface area contributed by atoms with Crippen molar-refractivity contribution in [2.75, 3.05) is 11.5 Å². The molecule has 0 spiro atoms. The Morgan fingerprint density at radius 2 is 2.09 bits per heavy atom. The van der Waals surface area contributed by atoms with E-state index in [0.717, 1.165) is 0 Å². The number of hydrogen-bond acceptors (Lipinski definition) is 5. The lowest BCUT2D eigenvalue weighted by atomic mass is 10.3. The maximum Gasteiger partial charge on any atom is 0.254 e. The highest BCUT2D eigenvalue weighted by Crippen LogP contribution is 2.05. The first kappa shape index (κ1) is 7.26. The molecule has 6 nitrogen and oxygen atoms in total. The summed E-state index contributed by atoms with van der Waals surface area (Å²) in [6.45, 7) is 0.